The molecule has 0 saturated carbocycles. The van der Waals surface area contributed by atoms with Crippen LogP contribution < -0.4 is 5.73 Å². The highest BCUT2D eigenvalue weighted by Gasteiger charge is 1.93. The smallest absolute Gasteiger partial charge is 0.133 e. The predicted molar refractivity (Wildman–Crippen MR) is 48.5 cm³/mol. The Kier molecular flexibility index (Phi) is 5.80. The number of aromatic nitrogens is 1. The standard InChI is InChI=1S/C6H7ClN2.C2H6/c7-6-5(4-8)2-1-3-9-6;1-2/h1-3H,4,8H2;1-2H3. The number of hydrogen-bond acceptors (Lipinski definition) is 2. The van der Waals surface area contributed by atoms with Gasteiger partial charge in [0.15, 0.2) is 0 Å². The number of nitrogens with zero attached hydrogens (tertiary/aromatic N) is 1. The van der Waals surface area contributed by atoms with E-state index in [-0.39, 0.29) is 0 Å². The summed E-state index contributed by atoms with van der Waals surface area (Å²) in [5, 5.41) is 0.500. The third kappa shape index (κ3) is 3.35. The van der Waals surface area contributed by atoms with E-state index < -0.39 is 0 Å². The monoisotopic (exact) mass is 172 g/mol. The minimum Gasteiger partial charge on any atom is -0.326 e. The van der Waals surface area contributed by atoms with Gasteiger partial charge in [-0.15, -0.1) is 0 Å². The van der Waals surface area contributed by atoms with Crippen LogP contribution in [0.15, 0.2) is 18.3 Å². The molecule has 1 heterocycles. The molecule has 0 aliphatic heterocycles. The van der Waals surface area contributed by atoms with Crippen LogP contribution >= 0.6 is 11.6 Å². The Balaban J connectivity index is 0.000000461. The first-order chi connectivity index (χ1) is 5.34. The van der Waals surface area contributed by atoms with E-state index in [4.69, 9.17) is 17.3 Å². The topological polar surface area (TPSA) is 38.9 Å². The molecule has 0 fully saturated rings. The summed E-state index contributed by atoms with van der Waals surface area (Å²) in [6, 6.07) is 3.67. The second-order valence-electron chi connectivity index (χ2n) is 1.66. The molecule has 2 nitrogen and oxygen atoms in total. The molecular weight excluding hydrogens is 160 g/mol. The van der Waals surface area contributed by atoms with Crippen LogP contribution in [0.1, 0.15) is 19.4 Å². The average Bonchev–Trinajstić information content (AvgIpc) is 2.09. The Morgan fingerprint density at radius 2 is 2.18 bits per heavy atom. The first kappa shape index (κ1) is 10.4. The first-order valence-electron chi connectivity index (χ1n) is 3.64. The zero-order valence-electron chi connectivity index (χ0n) is 6.84. The van der Waals surface area contributed by atoms with Crippen molar-refractivity contribution in [1.29, 1.82) is 0 Å². The Bertz CT molecular complexity index is 201. The van der Waals surface area contributed by atoms with Crippen LogP contribution in [0.25, 0.3) is 0 Å². The van der Waals surface area contributed by atoms with Gasteiger partial charge < -0.3 is 5.73 Å². The zero-order chi connectivity index (χ0) is 8.69. The second kappa shape index (κ2) is 6.13. The van der Waals surface area contributed by atoms with Crippen LogP contribution in [0.5, 0.6) is 0 Å². The van der Waals surface area contributed by atoms with Crippen molar-refractivity contribution < 1.29 is 0 Å². The summed E-state index contributed by atoms with van der Waals surface area (Å²) >= 11 is 5.63. The molecule has 0 spiro atoms. The summed E-state index contributed by atoms with van der Waals surface area (Å²) in [5.41, 5.74) is 6.21. The van der Waals surface area contributed by atoms with Gasteiger partial charge in [0.25, 0.3) is 0 Å². The van der Waals surface area contributed by atoms with Gasteiger partial charge in [-0.25, -0.2) is 4.98 Å². The molecule has 0 saturated heterocycles. The maximum absolute atomic E-state index is 5.63. The van der Waals surface area contributed by atoms with Gasteiger partial charge in [0.05, 0.1) is 0 Å². The molecule has 0 aromatic carbocycles. The van der Waals surface area contributed by atoms with Gasteiger partial charge in [-0.2, -0.15) is 0 Å². The van der Waals surface area contributed by atoms with Crippen molar-refractivity contribution in [2.24, 2.45) is 5.73 Å². The molecule has 3 heteroatoms. The summed E-state index contributed by atoms with van der Waals surface area (Å²) < 4.78 is 0. The molecule has 1 aromatic heterocycles. The van der Waals surface area contributed by atoms with E-state index in [9.17, 15) is 0 Å². The van der Waals surface area contributed by atoms with Crippen LogP contribution in [-0.4, -0.2) is 4.98 Å². The van der Waals surface area contributed by atoms with E-state index in [0.717, 1.165) is 5.56 Å². The Morgan fingerprint density at radius 3 is 2.55 bits per heavy atom. The van der Waals surface area contributed by atoms with Crippen LogP contribution in [0, 0.1) is 0 Å². The van der Waals surface area contributed by atoms with Crippen molar-refractivity contribution in [3.63, 3.8) is 0 Å². The van der Waals surface area contributed by atoms with Gasteiger partial charge >= 0.3 is 0 Å². The largest absolute Gasteiger partial charge is 0.326 e. The van der Waals surface area contributed by atoms with Crippen LogP contribution in [0.2, 0.25) is 5.15 Å². The normalized spacial score (nSPS) is 8.36. The molecule has 11 heavy (non-hydrogen) atoms. The molecule has 1 rings (SSSR count). The fourth-order valence-electron chi connectivity index (χ4n) is 0.572. The van der Waals surface area contributed by atoms with E-state index in [1.165, 1.54) is 0 Å². The molecule has 0 unspecified atom stereocenters. The molecule has 0 bridgehead atoms. The lowest BCUT2D eigenvalue weighted by Crippen LogP contribution is -1.97. The number of pyridine rings is 1. The minimum absolute atomic E-state index is 0.451. The van der Waals surface area contributed by atoms with Gasteiger partial charge in [0.2, 0.25) is 0 Å². The quantitative estimate of drug-likeness (QED) is 0.660. The van der Waals surface area contributed by atoms with Crippen molar-refractivity contribution in [3.05, 3.63) is 29.0 Å². The van der Waals surface area contributed by atoms with E-state index >= 15 is 0 Å². The zero-order valence-corrected chi connectivity index (χ0v) is 7.60. The van der Waals surface area contributed by atoms with E-state index in [1.807, 2.05) is 26.0 Å². The highest BCUT2D eigenvalue weighted by Crippen LogP contribution is 2.09. The number of nitrogens with two attached hydrogens (primary N) is 1. The van der Waals surface area contributed by atoms with Gasteiger partial charge in [-0.3, -0.25) is 0 Å². The Morgan fingerprint density at radius 1 is 1.55 bits per heavy atom. The SMILES string of the molecule is CC.NCc1cccnc1Cl. The van der Waals surface area contributed by atoms with E-state index in [0.29, 0.717) is 11.7 Å². The number of rotatable bonds is 1. The number of hydrogen-bond donors (Lipinski definition) is 1. The van der Waals surface area contributed by atoms with Crippen molar-refractivity contribution in [2.45, 2.75) is 20.4 Å². The second-order valence-corrected chi connectivity index (χ2v) is 2.02. The van der Waals surface area contributed by atoms with Crippen LogP contribution in [-0.2, 0) is 6.54 Å². The molecule has 0 amide bonds. The summed E-state index contributed by atoms with van der Waals surface area (Å²) in [5.74, 6) is 0. The fraction of sp³-hybridized carbons (Fsp3) is 0.375. The summed E-state index contributed by atoms with van der Waals surface area (Å²) in [6.07, 6.45) is 1.64. The highest BCUT2D eigenvalue weighted by molar-refractivity contribution is 6.30. The van der Waals surface area contributed by atoms with Crippen LogP contribution in [0.4, 0.5) is 0 Å². The first-order valence-corrected chi connectivity index (χ1v) is 4.02. The van der Waals surface area contributed by atoms with Crippen molar-refractivity contribution in [3.8, 4) is 0 Å². The van der Waals surface area contributed by atoms with Gasteiger partial charge in [0.1, 0.15) is 5.15 Å². The third-order valence-corrected chi connectivity index (χ3v) is 1.40. The molecule has 0 radical (unpaired) electrons. The summed E-state index contributed by atoms with van der Waals surface area (Å²) in [7, 11) is 0. The number of halogens is 1. The molecule has 0 aliphatic rings. The summed E-state index contributed by atoms with van der Waals surface area (Å²) in [4.78, 5) is 3.84. The molecule has 0 atom stereocenters. The molecular formula is C8H13ClN2. The van der Waals surface area contributed by atoms with E-state index in [1.54, 1.807) is 6.20 Å². The lowest BCUT2D eigenvalue weighted by Gasteiger charge is -1.95. The van der Waals surface area contributed by atoms with Crippen molar-refractivity contribution in [1.82, 2.24) is 4.98 Å². The molecule has 2 N–H and O–H groups in total. The van der Waals surface area contributed by atoms with Crippen LogP contribution in [0.3, 0.4) is 0 Å². The maximum Gasteiger partial charge on any atom is 0.133 e. The van der Waals surface area contributed by atoms with Gasteiger partial charge in [0, 0.05) is 18.3 Å². The molecule has 1 aromatic rings. The molecule has 0 aliphatic carbocycles. The maximum atomic E-state index is 5.63. The van der Waals surface area contributed by atoms with E-state index in [2.05, 4.69) is 4.98 Å². The third-order valence-electron chi connectivity index (χ3n) is 1.06. The Hall–Kier alpha value is -0.600. The minimum atomic E-state index is 0.451. The lowest BCUT2D eigenvalue weighted by molar-refractivity contribution is 1.05. The molecule has 62 valence electrons. The summed E-state index contributed by atoms with van der Waals surface area (Å²) in [6.45, 7) is 4.45. The van der Waals surface area contributed by atoms with Crippen molar-refractivity contribution in [2.75, 3.05) is 0 Å². The fourth-order valence-corrected chi connectivity index (χ4v) is 0.768. The van der Waals surface area contributed by atoms with Gasteiger partial charge in [-0.05, 0) is 6.07 Å². The van der Waals surface area contributed by atoms with Crippen molar-refractivity contribution >= 4 is 11.6 Å². The average molecular weight is 173 g/mol. The highest BCUT2D eigenvalue weighted by atomic mass is 35.5. The van der Waals surface area contributed by atoms with Gasteiger partial charge in [-0.1, -0.05) is 31.5 Å². The lowest BCUT2D eigenvalue weighted by atomic mass is 10.3. The predicted octanol–water partition coefficient (Wildman–Crippen LogP) is 2.22. The Labute approximate surface area is 72.4 Å².